The normalized spacial score (nSPS) is 21.1. The fourth-order valence-electron chi connectivity index (χ4n) is 6.90. The number of hydrogen-bond acceptors (Lipinski definition) is 9. The zero-order valence-corrected chi connectivity index (χ0v) is 34.3. The molecule has 1 aliphatic rings. The molecule has 0 aromatic heterocycles. The van der Waals surface area contributed by atoms with Crippen LogP contribution in [0.5, 0.6) is 0 Å². The van der Waals surface area contributed by atoms with Crippen LogP contribution >= 0.6 is 0 Å². The van der Waals surface area contributed by atoms with Crippen molar-refractivity contribution >= 4 is 5.97 Å². The molecule has 0 bridgehead atoms. The highest BCUT2D eigenvalue weighted by molar-refractivity contribution is 5.69. The lowest BCUT2D eigenvalue weighted by molar-refractivity contribution is -0.305. The minimum absolute atomic E-state index is 0.109. The van der Waals surface area contributed by atoms with Crippen LogP contribution in [0.1, 0.15) is 200 Å². The lowest BCUT2D eigenvalue weighted by Crippen LogP contribution is -2.59. The molecule has 314 valence electrons. The van der Waals surface area contributed by atoms with Crippen molar-refractivity contribution < 1.29 is 44.2 Å². The maximum atomic E-state index is 12.7. The number of carbonyl (C=O) groups is 1. The van der Waals surface area contributed by atoms with E-state index in [2.05, 4.69) is 26.0 Å². The topological polar surface area (TPSA) is 135 Å². The first kappa shape index (κ1) is 49.9. The van der Waals surface area contributed by atoms with E-state index < -0.39 is 43.4 Å². The van der Waals surface area contributed by atoms with Gasteiger partial charge in [-0.2, -0.15) is 0 Å². The van der Waals surface area contributed by atoms with Crippen LogP contribution < -0.4 is 0 Å². The molecule has 1 fully saturated rings. The molecular weight excluding hydrogens is 672 g/mol. The number of esters is 1. The van der Waals surface area contributed by atoms with Crippen molar-refractivity contribution in [1.29, 1.82) is 0 Å². The summed E-state index contributed by atoms with van der Waals surface area (Å²) >= 11 is 0. The predicted octanol–water partition coefficient (Wildman–Crippen LogP) is 9.64. The average molecular weight is 757 g/mol. The summed E-state index contributed by atoms with van der Waals surface area (Å²) in [7, 11) is 0. The van der Waals surface area contributed by atoms with Crippen LogP contribution in [0.15, 0.2) is 12.2 Å². The molecule has 9 nitrogen and oxygen atoms in total. The Morgan fingerprint density at radius 1 is 0.585 bits per heavy atom. The van der Waals surface area contributed by atoms with Crippen molar-refractivity contribution in [1.82, 2.24) is 0 Å². The van der Waals surface area contributed by atoms with Gasteiger partial charge in [-0.05, 0) is 38.5 Å². The number of carbonyl (C=O) groups excluding carboxylic acids is 1. The van der Waals surface area contributed by atoms with E-state index in [1.165, 1.54) is 148 Å². The van der Waals surface area contributed by atoms with Crippen LogP contribution in [0, 0.1) is 0 Å². The smallest absolute Gasteiger partial charge is 0.306 e. The van der Waals surface area contributed by atoms with E-state index in [1.54, 1.807) is 0 Å². The van der Waals surface area contributed by atoms with E-state index in [9.17, 15) is 25.2 Å². The van der Waals surface area contributed by atoms with Crippen molar-refractivity contribution in [3.63, 3.8) is 0 Å². The lowest BCUT2D eigenvalue weighted by Gasteiger charge is -2.39. The van der Waals surface area contributed by atoms with E-state index in [0.29, 0.717) is 13.0 Å². The number of hydrogen-bond donors (Lipinski definition) is 4. The van der Waals surface area contributed by atoms with Crippen LogP contribution in [-0.4, -0.2) is 89.6 Å². The second kappa shape index (κ2) is 36.6. The van der Waals surface area contributed by atoms with Gasteiger partial charge < -0.3 is 39.4 Å². The monoisotopic (exact) mass is 757 g/mol. The first-order valence-electron chi connectivity index (χ1n) is 22.3. The third kappa shape index (κ3) is 28.1. The second-order valence-corrected chi connectivity index (χ2v) is 15.5. The molecule has 1 saturated heterocycles. The maximum Gasteiger partial charge on any atom is 0.306 e. The molecule has 0 radical (unpaired) electrons. The average Bonchev–Trinajstić information content (AvgIpc) is 3.16. The first-order valence-corrected chi connectivity index (χ1v) is 22.3. The van der Waals surface area contributed by atoms with Crippen molar-refractivity contribution in [2.24, 2.45) is 0 Å². The number of aliphatic hydroxyl groups excluding tert-OH is 4. The second-order valence-electron chi connectivity index (χ2n) is 15.5. The van der Waals surface area contributed by atoms with E-state index in [-0.39, 0.29) is 19.2 Å². The van der Waals surface area contributed by atoms with Gasteiger partial charge in [0.05, 0.1) is 19.8 Å². The molecule has 0 spiro atoms. The SMILES string of the molecule is CCCCCCCCCC/C=C\CCCCCCCCCCCCCC(=O)OC(COCCCCCCCCC)COC1OC(CO)C(O)C(O)C1O. The number of rotatable bonds is 38. The molecule has 4 N–H and O–H groups in total. The molecule has 0 amide bonds. The molecule has 6 unspecified atom stereocenters. The molecule has 0 saturated carbocycles. The maximum absolute atomic E-state index is 12.7. The van der Waals surface area contributed by atoms with Crippen molar-refractivity contribution in [2.75, 3.05) is 26.4 Å². The summed E-state index contributed by atoms with van der Waals surface area (Å²) in [5.41, 5.74) is 0. The highest BCUT2D eigenvalue weighted by atomic mass is 16.7. The van der Waals surface area contributed by atoms with Crippen LogP contribution in [-0.2, 0) is 23.7 Å². The lowest BCUT2D eigenvalue weighted by atomic mass is 9.99. The molecule has 0 aromatic rings. The predicted molar refractivity (Wildman–Crippen MR) is 215 cm³/mol. The summed E-state index contributed by atoms with van der Waals surface area (Å²) in [6.45, 7) is 4.54. The highest BCUT2D eigenvalue weighted by Gasteiger charge is 2.44. The Balaban J connectivity index is 2.14. The van der Waals surface area contributed by atoms with Gasteiger partial charge in [0.25, 0.3) is 0 Å². The van der Waals surface area contributed by atoms with Crippen LogP contribution in [0.4, 0.5) is 0 Å². The zero-order valence-electron chi connectivity index (χ0n) is 34.3. The van der Waals surface area contributed by atoms with Crippen LogP contribution in [0.25, 0.3) is 0 Å². The summed E-state index contributed by atoms with van der Waals surface area (Å²) in [5.74, 6) is -0.314. The van der Waals surface area contributed by atoms with Gasteiger partial charge in [-0.25, -0.2) is 0 Å². The zero-order chi connectivity index (χ0) is 38.6. The van der Waals surface area contributed by atoms with Gasteiger partial charge in [-0.15, -0.1) is 0 Å². The Morgan fingerprint density at radius 2 is 1.04 bits per heavy atom. The Bertz CT molecular complexity index is 823. The highest BCUT2D eigenvalue weighted by Crippen LogP contribution is 2.22. The molecule has 1 aliphatic heterocycles. The van der Waals surface area contributed by atoms with Crippen molar-refractivity contribution in [3.05, 3.63) is 12.2 Å². The minimum Gasteiger partial charge on any atom is -0.457 e. The molecule has 0 aromatic carbocycles. The summed E-state index contributed by atoms with van der Waals surface area (Å²) in [4.78, 5) is 12.7. The molecular formula is C44H84O9. The Morgan fingerprint density at radius 3 is 1.53 bits per heavy atom. The number of allylic oxidation sites excluding steroid dienone is 2. The first-order chi connectivity index (χ1) is 25.9. The van der Waals surface area contributed by atoms with Gasteiger partial charge in [0.15, 0.2) is 6.29 Å². The molecule has 9 heteroatoms. The summed E-state index contributed by atoms with van der Waals surface area (Å²) < 4.78 is 22.7. The summed E-state index contributed by atoms with van der Waals surface area (Å²) in [6, 6.07) is 0. The Kier molecular flexibility index (Phi) is 34.5. The van der Waals surface area contributed by atoms with Gasteiger partial charge in [-0.3, -0.25) is 4.79 Å². The van der Waals surface area contributed by atoms with E-state index in [1.807, 2.05) is 0 Å². The standard InChI is InChI=1S/C44H84O9/c1-3-5-7-9-11-12-13-14-15-16-17-18-19-20-21-22-23-24-25-26-27-29-31-33-40(46)52-38(36-50-34-32-30-28-10-8-6-4-2)37-51-44-43(49)42(48)41(47)39(35-45)53-44/h16-17,38-39,41-45,47-49H,3-15,18-37H2,1-2H3/b17-16-. The van der Waals surface area contributed by atoms with Crippen LogP contribution in [0.3, 0.4) is 0 Å². The fraction of sp³-hybridized carbons (Fsp3) is 0.932. The summed E-state index contributed by atoms with van der Waals surface area (Å²) in [5, 5.41) is 39.9. The fourth-order valence-corrected chi connectivity index (χ4v) is 6.90. The largest absolute Gasteiger partial charge is 0.457 e. The van der Waals surface area contributed by atoms with Gasteiger partial charge in [0.1, 0.15) is 30.5 Å². The van der Waals surface area contributed by atoms with Crippen molar-refractivity contribution in [2.45, 2.75) is 237 Å². The minimum atomic E-state index is -1.53. The number of unbranched alkanes of at least 4 members (excludes halogenated alkanes) is 25. The van der Waals surface area contributed by atoms with E-state index in [4.69, 9.17) is 18.9 Å². The third-order valence-corrected chi connectivity index (χ3v) is 10.4. The van der Waals surface area contributed by atoms with E-state index >= 15 is 0 Å². The van der Waals surface area contributed by atoms with Gasteiger partial charge >= 0.3 is 5.97 Å². The molecule has 1 rings (SSSR count). The van der Waals surface area contributed by atoms with Gasteiger partial charge in [-0.1, -0.05) is 167 Å². The third-order valence-electron chi connectivity index (χ3n) is 10.4. The van der Waals surface area contributed by atoms with Gasteiger partial charge in [0, 0.05) is 13.0 Å². The molecule has 1 heterocycles. The Labute approximate surface area is 325 Å². The Hall–Kier alpha value is -1.07. The number of aliphatic hydroxyl groups is 4. The van der Waals surface area contributed by atoms with Crippen molar-refractivity contribution in [3.8, 4) is 0 Å². The molecule has 0 aliphatic carbocycles. The molecule has 6 atom stereocenters. The van der Waals surface area contributed by atoms with E-state index in [0.717, 1.165) is 32.1 Å². The van der Waals surface area contributed by atoms with Crippen LogP contribution in [0.2, 0.25) is 0 Å². The quantitative estimate of drug-likeness (QED) is 0.0276. The molecule has 53 heavy (non-hydrogen) atoms. The number of ether oxygens (including phenoxy) is 4. The van der Waals surface area contributed by atoms with Gasteiger partial charge in [0.2, 0.25) is 0 Å². The summed E-state index contributed by atoms with van der Waals surface area (Å²) in [6.07, 6.45) is 32.6.